The number of carbonyl (C=O) groups is 2. The summed E-state index contributed by atoms with van der Waals surface area (Å²) in [6.07, 6.45) is 0. The van der Waals surface area contributed by atoms with Gasteiger partial charge in [-0.1, -0.05) is 29.3 Å². The van der Waals surface area contributed by atoms with E-state index in [1.54, 1.807) is 0 Å². The summed E-state index contributed by atoms with van der Waals surface area (Å²) in [5, 5.41) is 0.287. The van der Waals surface area contributed by atoms with Crippen LogP contribution in [0.2, 0.25) is 10.0 Å². The Balaban J connectivity index is 1.83. The van der Waals surface area contributed by atoms with Crippen LogP contribution in [-0.4, -0.2) is 11.9 Å². The molecular formula is C20H7Cl2F5O4. The fourth-order valence-corrected chi connectivity index (χ4v) is 2.85. The van der Waals surface area contributed by atoms with E-state index in [9.17, 15) is 31.5 Å². The largest absolute Gasteiger partial charge is 0.423 e. The van der Waals surface area contributed by atoms with Crippen LogP contribution in [0.15, 0.2) is 42.5 Å². The number of carbonyl (C=O) groups excluding carboxylic acids is 2. The van der Waals surface area contributed by atoms with Crippen molar-refractivity contribution in [3.63, 3.8) is 0 Å². The number of hydrogen-bond acceptors (Lipinski definition) is 4. The van der Waals surface area contributed by atoms with Crippen LogP contribution in [0, 0.1) is 29.1 Å². The van der Waals surface area contributed by atoms with E-state index in [-0.39, 0.29) is 21.4 Å². The molecule has 160 valence electrons. The number of esters is 2. The van der Waals surface area contributed by atoms with Crippen LogP contribution in [0.25, 0.3) is 0 Å². The van der Waals surface area contributed by atoms with Gasteiger partial charge in [-0.05, 0) is 30.3 Å². The van der Waals surface area contributed by atoms with Crippen molar-refractivity contribution in [2.24, 2.45) is 0 Å². The molecule has 0 fully saturated rings. The van der Waals surface area contributed by atoms with Crippen molar-refractivity contribution >= 4 is 35.1 Å². The van der Waals surface area contributed by atoms with Gasteiger partial charge in [0.05, 0.1) is 10.6 Å². The van der Waals surface area contributed by atoms with Crippen LogP contribution in [0.3, 0.4) is 0 Å². The zero-order valence-corrected chi connectivity index (χ0v) is 16.3. The van der Waals surface area contributed by atoms with Crippen LogP contribution < -0.4 is 9.47 Å². The van der Waals surface area contributed by atoms with Crippen LogP contribution in [0.5, 0.6) is 11.5 Å². The van der Waals surface area contributed by atoms with Gasteiger partial charge in [0, 0.05) is 11.1 Å². The van der Waals surface area contributed by atoms with Crippen LogP contribution >= 0.6 is 23.2 Å². The third-order valence-electron chi connectivity index (χ3n) is 3.79. The van der Waals surface area contributed by atoms with Gasteiger partial charge >= 0.3 is 11.9 Å². The predicted octanol–water partition coefficient (Wildman–Crippen LogP) is 6.13. The number of benzene rings is 3. The molecule has 0 aromatic heterocycles. The summed E-state index contributed by atoms with van der Waals surface area (Å²) in [5.41, 5.74) is -1.80. The molecule has 11 heteroatoms. The van der Waals surface area contributed by atoms with E-state index in [1.807, 2.05) is 0 Å². The smallest absolute Gasteiger partial charge is 0.349 e. The van der Waals surface area contributed by atoms with Crippen LogP contribution in [0.1, 0.15) is 20.7 Å². The predicted molar refractivity (Wildman–Crippen MR) is 99.1 cm³/mol. The van der Waals surface area contributed by atoms with Gasteiger partial charge in [0.15, 0.2) is 23.3 Å². The van der Waals surface area contributed by atoms with Gasteiger partial charge in [0.2, 0.25) is 5.82 Å². The van der Waals surface area contributed by atoms with Gasteiger partial charge in [0.25, 0.3) is 0 Å². The minimum Gasteiger partial charge on any atom is -0.423 e. The minimum atomic E-state index is -2.42. The van der Waals surface area contributed by atoms with Crippen molar-refractivity contribution in [3.8, 4) is 11.5 Å². The second kappa shape index (κ2) is 8.91. The lowest BCUT2D eigenvalue weighted by Gasteiger charge is -2.10. The molecular weight excluding hydrogens is 470 g/mol. The molecule has 31 heavy (non-hydrogen) atoms. The average molecular weight is 477 g/mol. The number of halogens is 7. The maximum Gasteiger partial charge on any atom is 0.349 e. The summed E-state index contributed by atoms with van der Waals surface area (Å²) in [4.78, 5) is 24.2. The fraction of sp³-hybridized carbons (Fsp3) is 0. The van der Waals surface area contributed by atoms with E-state index in [2.05, 4.69) is 4.74 Å². The highest BCUT2D eigenvalue weighted by molar-refractivity contribution is 6.36. The number of rotatable bonds is 4. The molecule has 0 heterocycles. The van der Waals surface area contributed by atoms with Gasteiger partial charge in [-0.25, -0.2) is 31.5 Å². The van der Waals surface area contributed by atoms with Crippen molar-refractivity contribution in [1.29, 1.82) is 0 Å². The fourth-order valence-electron chi connectivity index (χ4n) is 2.36. The first kappa shape index (κ1) is 22.5. The van der Waals surface area contributed by atoms with Gasteiger partial charge in [-0.15, -0.1) is 0 Å². The third kappa shape index (κ3) is 4.62. The average Bonchev–Trinajstić information content (AvgIpc) is 2.71. The Labute approximate surface area is 180 Å². The van der Waals surface area contributed by atoms with E-state index in [0.717, 1.165) is 12.1 Å². The second-order valence-electron chi connectivity index (χ2n) is 5.82. The Bertz CT molecular complexity index is 1190. The standard InChI is InChI=1S/C20H7Cl2F5O4/c21-8-4-5-11(12(22)6-8)19(28)30-9-2-1-3-10(7-9)31-20(29)13-14(23)16(25)18(27)17(26)15(13)24/h1-7H. The topological polar surface area (TPSA) is 52.6 Å². The van der Waals surface area contributed by atoms with E-state index < -0.39 is 52.3 Å². The zero-order valence-electron chi connectivity index (χ0n) is 14.8. The van der Waals surface area contributed by atoms with Crippen LogP contribution in [0.4, 0.5) is 22.0 Å². The van der Waals surface area contributed by atoms with Gasteiger partial charge in [0.1, 0.15) is 17.1 Å². The minimum absolute atomic E-state index is 0.00592. The van der Waals surface area contributed by atoms with Gasteiger partial charge in [-0.3, -0.25) is 0 Å². The molecule has 0 radical (unpaired) electrons. The third-order valence-corrected chi connectivity index (χ3v) is 4.34. The summed E-state index contributed by atoms with van der Waals surface area (Å²) in [5.74, 6) is -15.0. The summed E-state index contributed by atoms with van der Waals surface area (Å²) in [6, 6.07) is 8.63. The molecule has 3 aromatic carbocycles. The molecule has 0 spiro atoms. The first-order chi connectivity index (χ1) is 14.6. The molecule has 0 amide bonds. The highest BCUT2D eigenvalue weighted by Crippen LogP contribution is 2.27. The molecule has 0 aliphatic carbocycles. The Kier molecular flexibility index (Phi) is 6.47. The molecule has 0 aliphatic rings. The molecule has 0 atom stereocenters. The lowest BCUT2D eigenvalue weighted by molar-refractivity contribution is 0.0720. The summed E-state index contributed by atoms with van der Waals surface area (Å²) < 4.78 is 76.9. The Morgan fingerprint density at radius 3 is 1.74 bits per heavy atom. The van der Waals surface area contributed by atoms with E-state index in [1.165, 1.54) is 30.3 Å². The van der Waals surface area contributed by atoms with Crippen molar-refractivity contribution < 1.29 is 41.0 Å². The first-order valence-corrected chi connectivity index (χ1v) is 8.86. The zero-order chi connectivity index (χ0) is 22.9. The van der Waals surface area contributed by atoms with Crippen LogP contribution in [-0.2, 0) is 0 Å². The van der Waals surface area contributed by atoms with Crippen molar-refractivity contribution in [1.82, 2.24) is 0 Å². The normalized spacial score (nSPS) is 10.7. The molecule has 0 N–H and O–H groups in total. The molecule has 4 nitrogen and oxygen atoms in total. The number of ether oxygens (including phenoxy) is 2. The summed E-state index contributed by atoms with van der Waals surface area (Å²) in [6.45, 7) is 0. The SMILES string of the molecule is O=C(Oc1cccc(OC(=O)c2c(F)c(F)c(F)c(F)c2F)c1)c1ccc(Cl)cc1Cl. The highest BCUT2D eigenvalue weighted by atomic mass is 35.5. The summed E-state index contributed by atoms with van der Waals surface area (Å²) in [7, 11) is 0. The second-order valence-corrected chi connectivity index (χ2v) is 6.67. The van der Waals surface area contributed by atoms with E-state index in [4.69, 9.17) is 27.9 Å². The number of hydrogen-bond donors (Lipinski definition) is 0. The molecule has 0 unspecified atom stereocenters. The Hall–Kier alpha value is -3.17. The van der Waals surface area contributed by atoms with Gasteiger partial charge in [-0.2, -0.15) is 0 Å². The Morgan fingerprint density at radius 2 is 1.19 bits per heavy atom. The van der Waals surface area contributed by atoms with E-state index in [0.29, 0.717) is 0 Å². The lowest BCUT2D eigenvalue weighted by Crippen LogP contribution is -2.17. The maximum absolute atomic E-state index is 13.7. The van der Waals surface area contributed by atoms with Crippen molar-refractivity contribution in [3.05, 3.63) is 92.7 Å². The highest BCUT2D eigenvalue weighted by Gasteiger charge is 2.31. The molecule has 0 saturated heterocycles. The monoisotopic (exact) mass is 476 g/mol. The Morgan fingerprint density at radius 1 is 0.677 bits per heavy atom. The molecule has 0 aliphatic heterocycles. The van der Waals surface area contributed by atoms with Crippen molar-refractivity contribution in [2.45, 2.75) is 0 Å². The summed E-state index contributed by atoms with van der Waals surface area (Å²) >= 11 is 11.7. The quantitative estimate of drug-likeness (QED) is 0.149. The lowest BCUT2D eigenvalue weighted by atomic mass is 10.1. The molecule has 0 saturated carbocycles. The van der Waals surface area contributed by atoms with Gasteiger partial charge < -0.3 is 9.47 Å². The molecule has 3 rings (SSSR count). The molecule has 3 aromatic rings. The van der Waals surface area contributed by atoms with Crippen molar-refractivity contribution in [2.75, 3.05) is 0 Å². The van der Waals surface area contributed by atoms with E-state index >= 15 is 0 Å². The maximum atomic E-state index is 13.7. The first-order valence-electron chi connectivity index (χ1n) is 8.11. The molecule has 0 bridgehead atoms.